The van der Waals surface area contributed by atoms with Crippen LogP contribution in [0, 0.1) is 0 Å². The molecule has 16 heavy (non-hydrogen) atoms. The minimum Gasteiger partial charge on any atom is -0.389 e. The van der Waals surface area contributed by atoms with Crippen LogP contribution >= 0.6 is 23.6 Å². The Morgan fingerprint density at radius 3 is 2.31 bits per heavy atom. The number of nitrogens with two attached hydrogens (primary N) is 1. The van der Waals surface area contributed by atoms with Crippen LogP contribution in [-0.2, 0) is 12.0 Å². The number of aromatic nitrogens is 1. The highest BCUT2D eigenvalue weighted by Crippen LogP contribution is 2.29. The van der Waals surface area contributed by atoms with Gasteiger partial charge in [0, 0.05) is 12.0 Å². The molecular weight excluding hydrogens is 238 g/mol. The third-order valence-electron chi connectivity index (χ3n) is 2.06. The van der Waals surface area contributed by atoms with E-state index in [4.69, 9.17) is 18.0 Å². The van der Waals surface area contributed by atoms with Gasteiger partial charge in [0.15, 0.2) is 0 Å². The van der Waals surface area contributed by atoms with E-state index in [-0.39, 0.29) is 5.41 Å². The van der Waals surface area contributed by atoms with Crippen molar-refractivity contribution in [1.82, 2.24) is 9.88 Å². The van der Waals surface area contributed by atoms with Gasteiger partial charge in [-0.1, -0.05) is 33.0 Å². The van der Waals surface area contributed by atoms with E-state index in [1.54, 1.807) is 11.3 Å². The molecule has 0 aliphatic rings. The summed E-state index contributed by atoms with van der Waals surface area (Å²) in [6.07, 6.45) is 0. The topological polar surface area (TPSA) is 42.2 Å². The first-order valence-electron chi connectivity index (χ1n) is 5.16. The van der Waals surface area contributed by atoms with E-state index < -0.39 is 0 Å². The molecule has 0 amide bonds. The quantitative estimate of drug-likeness (QED) is 0.842. The van der Waals surface area contributed by atoms with Gasteiger partial charge in [0.05, 0.1) is 10.6 Å². The minimum atomic E-state index is -0.0141. The Kier molecular flexibility index (Phi) is 4.04. The number of thiazole rings is 1. The first-order valence-corrected chi connectivity index (χ1v) is 6.39. The average Bonchev–Trinajstić information content (AvgIpc) is 2.45. The lowest BCUT2D eigenvalue weighted by molar-refractivity contribution is 0.400. The van der Waals surface area contributed by atoms with Crippen LogP contribution in [0.25, 0.3) is 0 Å². The lowest BCUT2D eigenvalue weighted by Gasteiger charge is -2.17. The van der Waals surface area contributed by atoms with Crippen LogP contribution in [0.5, 0.6) is 0 Å². The highest BCUT2D eigenvalue weighted by atomic mass is 32.1. The van der Waals surface area contributed by atoms with Crippen LogP contribution < -0.4 is 5.73 Å². The van der Waals surface area contributed by atoms with Crippen molar-refractivity contribution in [2.45, 2.75) is 32.7 Å². The van der Waals surface area contributed by atoms with Crippen LogP contribution in [0.2, 0.25) is 0 Å². The van der Waals surface area contributed by atoms with Gasteiger partial charge in [-0.3, -0.25) is 0 Å². The summed E-state index contributed by atoms with van der Waals surface area (Å²) in [6.45, 7) is 7.21. The Balaban J connectivity index is 3.16. The van der Waals surface area contributed by atoms with E-state index in [0.29, 0.717) is 4.99 Å². The number of hydrogen-bond acceptors (Lipinski definition) is 4. The molecule has 3 nitrogen and oxygen atoms in total. The number of thiocarbonyl (C=S) groups is 1. The Bertz CT molecular complexity index is 388. The normalized spacial score (nSPS) is 12.1. The van der Waals surface area contributed by atoms with Crippen molar-refractivity contribution in [1.29, 1.82) is 0 Å². The molecular formula is C11H19N3S2. The Labute approximate surface area is 107 Å². The molecule has 0 unspecified atom stereocenters. The second-order valence-electron chi connectivity index (χ2n) is 5.14. The highest BCUT2D eigenvalue weighted by Gasteiger charge is 2.24. The van der Waals surface area contributed by atoms with Crippen LogP contribution in [0.1, 0.15) is 36.3 Å². The molecule has 0 aliphatic carbocycles. The molecule has 0 saturated heterocycles. The maximum absolute atomic E-state index is 5.74. The first kappa shape index (κ1) is 13.5. The third kappa shape index (κ3) is 3.23. The fourth-order valence-corrected chi connectivity index (χ4v) is 2.84. The summed E-state index contributed by atoms with van der Waals surface area (Å²) in [4.78, 5) is 8.15. The predicted molar refractivity (Wildman–Crippen MR) is 74.1 cm³/mol. The molecule has 1 rings (SSSR count). The molecule has 0 aromatic carbocycles. The van der Waals surface area contributed by atoms with E-state index in [1.807, 2.05) is 14.1 Å². The Morgan fingerprint density at radius 2 is 2.00 bits per heavy atom. The van der Waals surface area contributed by atoms with E-state index >= 15 is 0 Å². The molecule has 0 saturated carbocycles. The molecule has 0 fully saturated rings. The zero-order chi connectivity index (χ0) is 12.5. The second kappa shape index (κ2) is 4.77. The Morgan fingerprint density at radius 1 is 1.44 bits per heavy atom. The molecule has 0 atom stereocenters. The van der Waals surface area contributed by atoms with Crippen molar-refractivity contribution >= 4 is 28.5 Å². The first-order chi connectivity index (χ1) is 7.21. The molecule has 5 heteroatoms. The third-order valence-corrected chi connectivity index (χ3v) is 3.46. The van der Waals surface area contributed by atoms with Crippen molar-refractivity contribution in [2.75, 3.05) is 14.1 Å². The maximum atomic E-state index is 5.74. The fourth-order valence-electron chi connectivity index (χ4n) is 1.38. The zero-order valence-corrected chi connectivity index (χ0v) is 12.1. The summed E-state index contributed by atoms with van der Waals surface area (Å²) in [7, 11) is 4.05. The lowest BCUT2D eigenvalue weighted by Crippen LogP contribution is -2.19. The molecule has 1 aromatic heterocycles. The number of hydrogen-bond donors (Lipinski definition) is 1. The van der Waals surface area contributed by atoms with Gasteiger partial charge >= 0.3 is 0 Å². The smallest absolute Gasteiger partial charge is 0.116 e. The second-order valence-corrected chi connectivity index (χ2v) is 6.66. The monoisotopic (exact) mass is 257 g/mol. The minimum absolute atomic E-state index is 0.0141. The summed E-state index contributed by atoms with van der Waals surface area (Å²) in [5.74, 6) is 0. The van der Waals surface area contributed by atoms with Crippen molar-refractivity contribution in [2.24, 2.45) is 5.73 Å². The summed E-state index contributed by atoms with van der Waals surface area (Å²) in [5.41, 5.74) is 6.75. The summed E-state index contributed by atoms with van der Waals surface area (Å²) < 4.78 is 0. The van der Waals surface area contributed by atoms with Gasteiger partial charge in [-0.2, -0.15) is 0 Å². The van der Waals surface area contributed by atoms with E-state index in [1.165, 1.54) is 0 Å². The van der Waals surface area contributed by atoms with Gasteiger partial charge in [-0.15, -0.1) is 11.3 Å². The van der Waals surface area contributed by atoms with Gasteiger partial charge in [-0.05, 0) is 14.1 Å². The number of rotatable bonds is 3. The standard InChI is InChI=1S/C11H19N3S2/c1-11(2,3)9-8(10(12)15)16-7(13-9)6-14(4)5/h6H2,1-5H3,(H2,12,15). The molecule has 0 radical (unpaired) electrons. The van der Waals surface area contributed by atoms with Gasteiger partial charge in [-0.25, -0.2) is 4.98 Å². The van der Waals surface area contributed by atoms with E-state index in [9.17, 15) is 0 Å². The largest absolute Gasteiger partial charge is 0.389 e. The predicted octanol–water partition coefficient (Wildman–Crippen LogP) is 2.14. The van der Waals surface area contributed by atoms with Crippen LogP contribution in [0.15, 0.2) is 0 Å². The highest BCUT2D eigenvalue weighted by molar-refractivity contribution is 7.81. The van der Waals surface area contributed by atoms with Gasteiger partial charge in [0.25, 0.3) is 0 Å². The Hall–Kier alpha value is -0.520. The van der Waals surface area contributed by atoms with E-state index in [2.05, 4.69) is 30.7 Å². The summed E-state index contributed by atoms with van der Waals surface area (Å²) in [6, 6.07) is 0. The molecule has 1 aromatic rings. The summed E-state index contributed by atoms with van der Waals surface area (Å²) in [5, 5.41) is 1.07. The SMILES string of the molecule is CN(C)Cc1nc(C(C)(C)C)c(C(N)=S)s1. The van der Waals surface area contributed by atoms with Crippen LogP contribution in [0.3, 0.4) is 0 Å². The van der Waals surface area contributed by atoms with Crippen LogP contribution in [0.4, 0.5) is 0 Å². The van der Waals surface area contributed by atoms with Crippen molar-refractivity contribution in [3.05, 3.63) is 15.6 Å². The molecule has 0 spiro atoms. The van der Waals surface area contributed by atoms with Gasteiger partial charge in [0.1, 0.15) is 10.00 Å². The fraction of sp³-hybridized carbons (Fsp3) is 0.636. The lowest BCUT2D eigenvalue weighted by atomic mass is 9.91. The number of nitrogens with zero attached hydrogens (tertiary/aromatic N) is 2. The van der Waals surface area contributed by atoms with Crippen LogP contribution in [-0.4, -0.2) is 29.0 Å². The van der Waals surface area contributed by atoms with Crippen molar-refractivity contribution in [3.8, 4) is 0 Å². The molecule has 1 heterocycles. The average molecular weight is 257 g/mol. The van der Waals surface area contributed by atoms with E-state index in [0.717, 1.165) is 22.1 Å². The molecule has 2 N–H and O–H groups in total. The van der Waals surface area contributed by atoms with Gasteiger partial charge < -0.3 is 10.6 Å². The van der Waals surface area contributed by atoms with Crippen molar-refractivity contribution < 1.29 is 0 Å². The zero-order valence-electron chi connectivity index (χ0n) is 10.5. The summed E-state index contributed by atoms with van der Waals surface area (Å²) >= 11 is 6.68. The van der Waals surface area contributed by atoms with Crippen molar-refractivity contribution in [3.63, 3.8) is 0 Å². The molecule has 0 bridgehead atoms. The maximum Gasteiger partial charge on any atom is 0.116 e. The molecule has 90 valence electrons. The van der Waals surface area contributed by atoms with Gasteiger partial charge in [0.2, 0.25) is 0 Å². The molecule has 0 aliphatic heterocycles.